The number of hydrogen-bond acceptors (Lipinski definition) is 6. The van der Waals surface area contributed by atoms with E-state index >= 15 is 0 Å². The van der Waals surface area contributed by atoms with E-state index in [4.69, 9.17) is 0 Å². The second-order valence-electron chi connectivity index (χ2n) is 15.1. The summed E-state index contributed by atoms with van der Waals surface area (Å²) < 4.78 is 32.8. The fourth-order valence-electron chi connectivity index (χ4n) is 7.49. The molecule has 2 unspecified atom stereocenters. The minimum atomic E-state index is -5.12. The molecular formula is C41H78K2O7S. The minimum absolute atomic E-state index is 0. The average molecular weight is 793 g/mol. The van der Waals surface area contributed by atoms with Gasteiger partial charge in [-0.15, -0.1) is 0 Å². The van der Waals surface area contributed by atoms with Crippen LogP contribution in [0.25, 0.3) is 0 Å². The van der Waals surface area contributed by atoms with Crippen LogP contribution in [0.5, 0.6) is 0 Å². The molecule has 1 N–H and O–H groups in total. The van der Waals surface area contributed by atoms with Crippen LogP contribution in [0, 0.1) is 5.92 Å². The molecule has 0 saturated carbocycles. The number of rotatable bonds is 39. The van der Waals surface area contributed by atoms with Gasteiger partial charge < -0.3 is 19.8 Å². The van der Waals surface area contributed by atoms with Crippen molar-refractivity contribution in [2.45, 2.75) is 243 Å². The van der Waals surface area contributed by atoms with Crippen molar-refractivity contribution in [2.24, 2.45) is 5.92 Å². The van der Waals surface area contributed by atoms with E-state index in [1.54, 1.807) is 0 Å². The van der Waals surface area contributed by atoms with Crippen LogP contribution < -0.4 is 113 Å². The summed E-state index contributed by atoms with van der Waals surface area (Å²) in [6, 6.07) is 0. The van der Waals surface area contributed by atoms with Crippen LogP contribution in [0.4, 0.5) is 0 Å². The van der Waals surface area contributed by atoms with Gasteiger partial charge in [0.2, 0.25) is 0 Å². The van der Waals surface area contributed by atoms with Gasteiger partial charge in [0.05, 0.1) is 5.97 Å². The van der Waals surface area contributed by atoms with Gasteiger partial charge in [-0.3, -0.25) is 4.55 Å². The van der Waals surface area contributed by atoms with Crippen molar-refractivity contribution < 1.29 is 136 Å². The summed E-state index contributed by atoms with van der Waals surface area (Å²) >= 11 is 0. The average Bonchev–Trinajstić information content (AvgIpc) is 3.04. The Morgan fingerprint density at radius 2 is 0.745 bits per heavy atom. The maximum absolute atomic E-state index is 12.6. The van der Waals surface area contributed by atoms with Crippen LogP contribution in [0.3, 0.4) is 0 Å². The zero-order valence-corrected chi connectivity index (χ0v) is 41.2. The van der Waals surface area contributed by atoms with E-state index in [1.807, 2.05) is 0 Å². The van der Waals surface area contributed by atoms with Crippen molar-refractivity contribution in [2.75, 3.05) is 0 Å². The first-order valence-electron chi connectivity index (χ1n) is 21.0. The van der Waals surface area contributed by atoms with E-state index in [0.29, 0.717) is 12.8 Å². The van der Waals surface area contributed by atoms with Gasteiger partial charge in [0.25, 0.3) is 10.1 Å². The Balaban J connectivity index is -0.0000115. The molecule has 0 spiro atoms. The Morgan fingerprint density at radius 1 is 0.490 bits per heavy atom. The number of aliphatic carboxylic acids is 2. The molecule has 0 aromatic rings. The molecule has 0 fully saturated rings. The molecule has 51 heavy (non-hydrogen) atoms. The van der Waals surface area contributed by atoms with Gasteiger partial charge in [-0.1, -0.05) is 219 Å². The summed E-state index contributed by atoms with van der Waals surface area (Å²) in [7, 11) is -5.12. The second kappa shape index (κ2) is 40.3. The fourth-order valence-corrected chi connectivity index (χ4v) is 8.73. The molecule has 0 aliphatic rings. The van der Waals surface area contributed by atoms with Gasteiger partial charge in [-0.2, -0.15) is 8.42 Å². The maximum atomic E-state index is 12.6. The minimum Gasteiger partial charge on any atom is -0.550 e. The van der Waals surface area contributed by atoms with Gasteiger partial charge in [-0.25, -0.2) is 0 Å². The van der Waals surface area contributed by atoms with Crippen molar-refractivity contribution >= 4 is 22.1 Å². The van der Waals surface area contributed by atoms with E-state index in [2.05, 4.69) is 13.8 Å². The molecule has 292 valence electrons. The third kappa shape index (κ3) is 31.8. The summed E-state index contributed by atoms with van der Waals surface area (Å²) in [5, 5.41) is 24.0. The van der Waals surface area contributed by atoms with E-state index in [-0.39, 0.29) is 122 Å². The summed E-state index contributed by atoms with van der Waals surface area (Å²) in [4.78, 5) is 24.0. The monoisotopic (exact) mass is 792 g/mol. The molecule has 0 amide bonds. The fraction of sp³-hybridized carbons (Fsp3) is 0.951. The van der Waals surface area contributed by atoms with Gasteiger partial charge in [0.15, 0.2) is 0 Å². The Kier molecular flexibility index (Phi) is 45.4. The van der Waals surface area contributed by atoms with Crippen LogP contribution in [-0.2, 0) is 19.7 Å². The molecule has 10 heteroatoms. The van der Waals surface area contributed by atoms with Crippen LogP contribution in [0.1, 0.15) is 239 Å². The summed E-state index contributed by atoms with van der Waals surface area (Å²) in [6.07, 6.45) is 35.9. The zero-order chi connectivity index (χ0) is 36.5. The van der Waals surface area contributed by atoms with E-state index in [1.165, 1.54) is 135 Å². The summed E-state index contributed by atoms with van der Waals surface area (Å²) in [6.45, 7) is 4.49. The van der Waals surface area contributed by atoms with Gasteiger partial charge in [-0.05, 0) is 25.2 Å². The molecule has 0 aliphatic carbocycles. The Bertz CT molecular complexity index is 887. The topological polar surface area (TPSA) is 135 Å². The number of unbranched alkanes of at least 4 members (excludes halogenated alkanes) is 30. The largest absolute Gasteiger partial charge is 1.00 e. The molecule has 0 aromatic heterocycles. The van der Waals surface area contributed by atoms with Crippen molar-refractivity contribution in [1.82, 2.24) is 0 Å². The normalized spacial score (nSPS) is 13.2. The summed E-state index contributed by atoms with van der Waals surface area (Å²) in [5.41, 5.74) is 0. The molecule has 0 radical (unpaired) electrons. The van der Waals surface area contributed by atoms with E-state index in [0.717, 1.165) is 51.4 Å². The van der Waals surface area contributed by atoms with E-state index in [9.17, 15) is 32.8 Å². The predicted molar refractivity (Wildman–Crippen MR) is 201 cm³/mol. The Labute approximate surface area is 401 Å². The zero-order valence-electron chi connectivity index (χ0n) is 34.1. The molecule has 0 aromatic carbocycles. The smallest absolute Gasteiger partial charge is 0.550 e. The first kappa shape index (κ1) is 57.4. The standard InChI is InChI=1S/C41H80O7S.2K/c1-3-5-7-9-11-13-15-17-19-21-23-25-27-29-31-33-35-38(37-39(42)43)41(40(44)45,49(46,47)48)36-34-32-30-28-26-24-22-20-18-16-14-12-10-8-6-4-2;;/h38H,3-37H2,1-2H3,(H,42,43)(H,44,45)(H,46,47,48);;/q;2*+1/p-2. The molecular weight excluding hydrogens is 715 g/mol. The van der Waals surface area contributed by atoms with Gasteiger partial charge in [0.1, 0.15) is 4.75 Å². The molecule has 0 rings (SSSR count). The quantitative estimate of drug-likeness (QED) is 0.0554. The van der Waals surface area contributed by atoms with Crippen LogP contribution in [0.15, 0.2) is 0 Å². The Morgan fingerprint density at radius 3 is 0.980 bits per heavy atom. The van der Waals surface area contributed by atoms with Crippen molar-refractivity contribution in [3.8, 4) is 0 Å². The van der Waals surface area contributed by atoms with Crippen molar-refractivity contribution in [3.63, 3.8) is 0 Å². The van der Waals surface area contributed by atoms with Crippen LogP contribution in [-0.4, -0.2) is 29.7 Å². The molecule has 0 heterocycles. The van der Waals surface area contributed by atoms with Crippen LogP contribution >= 0.6 is 0 Å². The third-order valence-electron chi connectivity index (χ3n) is 10.7. The molecule has 0 saturated heterocycles. The van der Waals surface area contributed by atoms with Gasteiger partial charge >= 0.3 is 103 Å². The molecule has 2 atom stereocenters. The number of hydrogen-bond donors (Lipinski definition) is 1. The molecule has 0 bridgehead atoms. The maximum Gasteiger partial charge on any atom is 1.00 e. The number of carboxylic acid groups (broad SMARTS) is 2. The predicted octanol–water partition coefficient (Wildman–Crippen LogP) is 4.43. The first-order chi connectivity index (χ1) is 23.6. The number of carboxylic acids is 2. The van der Waals surface area contributed by atoms with Crippen molar-refractivity contribution in [1.29, 1.82) is 0 Å². The van der Waals surface area contributed by atoms with Crippen molar-refractivity contribution in [3.05, 3.63) is 0 Å². The van der Waals surface area contributed by atoms with Crippen LogP contribution in [0.2, 0.25) is 0 Å². The number of carbonyl (C=O) groups excluding carboxylic acids is 2. The summed E-state index contributed by atoms with van der Waals surface area (Å²) in [5.74, 6) is -4.71. The SMILES string of the molecule is CCCCCCCCCCCCCCCCCCC(CC(=O)[O-])C(CCCCCCCCCCCCCCCCCC)(C(=O)[O-])S(=O)(=O)O.[K+].[K+]. The molecule has 7 nitrogen and oxygen atoms in total. The Hall–Kier alpha value is 2.12. The van der Waals surface area contributed by atoms with Gasteiger partial charge in [0, 0.05) is 5.97 Å². The first-order valence-corrected chi connectivity index (χ1v) is 22.5. The van der Waals surface area contributed by atoms with E-state index < -0.39 is 39.1 Å². The molecule has 0 aliphatic heterocycles. The third-order valence-corrected chi connectivity index (χ3v) is 12.3. The number of carbonyl (C=O) groups is 2. The second-order valence-corrected chi connectivity index (χ2v) is 16.7.